The van der Waals surface area contributed by atoms with E-state index in [0.717, 1.165) is 47.0 Å². The fourth-order valence-electron chi connectivity index (χ4n) is 5.42. The molecule has 6 nitrogen and oxygen atoms in total. The lowest BCUT2D eigenvalue weighted by molar-refractivity contribution is -0.150. The lowest BCUT2D eigenvalue weighted by Gasteiger charge is -2.20. The summed E-state index contributed by atoms with van der Waals surface area (Å²) in [6, 6.07) is 22.2. The van der Waals surface area contributed by atoms with Crippen LogP contribution in [0.4, 0.5) is 0 Å². The van der Waals surface area contributed by atoms with Crippen molar-refractivity contribution in [2.45, 2.75) is 72.4 Å². The minimum Gasteiger partial charge on any atom is -0.478 e. The number of carbonyl (C=O) groups excluding carboxylic acids is 2. The van der Waals surface area contributed by atoms with Gasteiger partial charge in [0.1, 0.15) is 5.75 Å². The van der Waals surface area contributed by atoms with E-state index in [1.54, 1.807) is 0 Å². The molecule has 222 valence electrons. The van der Waals surface area contributed by atoms with Gasteiger partial charge in [-0.05, 0) is 79.6 Å². The normalized spacial score (nSPS) is 12.8. The Balaban J connectivity index is 1.53. The second-order valence-corrected chi connectivity index (χ2v) is 11.5. The predicted octanol–water partition coefficient (Wildman–Crippen LogP) is 7.49. The Labute approximate surface area is 250 Å². The summed E-state index contributed by atoms with van der Waals surface area (Å²) in [5.74, 6) is 0.152. The van der Waals surface area contributed by atoms with Crippen LogP contribution in [0.25, 0.3) is 10.9 Å². The highest BCUT2D eigenvalue weighted by atomic mass is 16.6. The second kappa shape index (κ2) is 13.7. The van der Waals surface area contributed by atoms with Gasteiger partial charge < -0.3 is 19.4 Å². The van der Waals surface area contributed by atoms with E-state index in [9.17, 15) is 9.59 Å². The molecule has 0 saturated carbocycles. The highest BCUT2D eigenvalue weighted by Crippen LogP contribution is 2.30. The molecule has 1 heterocycles. The molecule has 0 aliphatic heterocycles. The van der Waals surface area contributed by atoms with Gasteiger partial charge in [-0.2, -0.15) is 0 Å². The van der Waals surface area contributed by atoms with Crippen molar-refractivity contribution >= 4 is 22.8 Å². The number of ether oxygens (including phenoxy) is 2. The third-order valence-electron chi connectivity index (χ3n) is 8.09. The smallest absolute Gasteiger partial charge is 0.347 e. The molecule has 3 aromatic carbocycles. The summed E-state index contributed by atoms with van der Waals surface area (Å²) in [5, 5.41) is 4.30. The monoisotopic (exact) mass is 568 g/mol. The topological polar surface area (TPSA) is 69.6 Å². The average Bonchev–Trinajstić information content (AvgIpc) is 3.22. The van der Waals surface area contributed by atoms with E-state index < -0.39 is 6.10 Å². The average molecular weight is 569 g/mol. The first-order chi connectivity index (χ1) is 20.1. The van der Waals surface area contributed by atoms with Crippen LogP contribution in [0.1, 0.15) is 84.9 Å². The summed E-state index contributed by atoms with van der Waals surface area (Å²) in [6.45, 7) is 10.2. The molecule has 0 saturated heterocycles. The van der Waals surface area contributed by atoms with Crippen LogP contribution in [0.2, 0.25) is 0 Å². The lowest BCUT2D eigenvalue weighted by atomic mass is 10.00. The van der Waals surface area contributed by atoms with E-state index >= 15 is 0 Å². The molecule has 42 heavy (non-hydrogen) atoms. The Morgan fingerprint density at radius 1 is 0.952 bits per heavy atom. The molecule has 1 aromatic heterocycles. The van der Waals surface area contributed by atoms with Crippen molar-refractivity contribution in [1.29, 1.82) is 0 Å². The SMILES string of the molecule is CCCCc1cccc([C@H](C)NC(=O)c2ccc3c(Cc4cccc(OC(C(=O)OC)C(C)C)c4)c(C)n(C)c3c2)c1. The van der Waals surface area contributed by atoms with Crippen molar-refractivity contribution in [3.8, 4) is 5.75 Å². The number of nitrogens with one attached hydrogen (secondary N) is 1. The summed E-state index contributed by atoms with van der Waals surface area (Å²) >= 11 is 0. The summed E-state index contributed by atoms with van der Waals surface area (Å²) in [4.78, 5) is 25.5. The number of rotatable bonds is 12. The quantitative estimate of drug-likeness (QED) is 0.180. The summed E-state index contributed by atoms with van der Waals surface area (Å²) in [5.41, 5.74) is 7.50. The molecule has 0 aliphatic rings. The van der Waals surface area contributed by atoms with E-state index in [1.165, 1.54) is 18.2 Å². The van der Waals surface area contributed by atoms with Gasteiger partial charge in [-0.3, -0.25) is 4.79 Å². The Kier molecular flexibility index (Phi) is 10.1. The number of amides is 1. The Morgan fingerprint density at radius 3 is 2.40 bits per heavy atom. The molecule has 6 heteroatoms. The highest BCUT2D eigenvalue weighted by Gasteiger charge is 2.25. The van der Waals surface area contributed by atoms with Crippen LogP contribution < -0.4 is 10.1 Å². The Morgan fingerprint density at radius 2 is 1.69 bits per heavy atom. The maximum atomic E-state index is 13.3. The summed E-state index contributed by atoms with van der Waals surface area (Å²) < 4.78 is 13.1. The van der Waals surface area contributed by atoms with E-state index in [4.69, 9.17) is 9.47 Å². The standard InChI is InChI=1S/C36H44N2O4/c1-8-9-12-26-13-10-15-28(19-26)24(4)37-35(39)29-17-18-31-32(25(5)38(6)33(31)22-29)21-27-14-11-16-30(20-27)42-34(23(2)3)36(40)41-7/h10-11,13-20,22-24,34H,8-9,12,21H2,1-7H3,(H,37,39)/t24-,34?/m0/s1. The molecule has 0 spiro atoms. The first-order valence-electron chi connectivity index (χ1n) is 14.9. The molecule has 1 N–H and O–H groups in total. The van der Waals surface area contributed by atoms with Gasteiger partial charge >= 0.3 is 5.97 Å². The van der Waals surface area contributed by atoms with Crippen LogP contribution in [0.15, 0.2) is 66.7 Å². The van der Waals surface area contributed by atoms with Gasteiger partial charge in [0.15, 0.2) is 6.10 Å². The summed E-state index contributed by atoms with van der Waals surface area (Å²) in [6.07, 6.45) is 3.41. The molecule has 1 amide bonds. The van der Waals surface area contributed by atoms with Gasteiger partial charge in [0, 0.05) is 35.1 Å². The number of aryl methyl sites for hydroxylation is 2. The van der Waals surface area contributed by atoms with E-state index in [2.05, 4.69) is 60.1 Å². The zero-order valence-corrected chi connectivity index (χ0v) is 26.0. The van der Waals surface area contributed by atoms with Crippen LogP contribution in [0.3, 0.4) is 0 Å². The number of carbonyl (C=O) groups is 2. The van der Waals surface area contributed by atoms with Gasteiger partial charge in [0.2, 0.25) is 0 Å². The van der Waals surface area contributed by atoms with Crippen LogP contribution in [0.5, 0.6) is 5.75 Å². The third kappa shape index (κ3) is 7.04. The van der Waals surface area contributed by atoms with Crippen LogP contribution in [-0.2, 0) is 29.4 Å². The molecular weight excluding hydrogens is 524 g/mol. The molecular formula is C36H44N2O4. The minimum absolute atomic E-state index is 0.0215. The third-order valence-corrected chi connectivity index (χ3v) is 8.09. The van der Waals surface area contributed by atoms with Crippen molar-refractivity contribution in [2.24, 2.45) is 13.0 Å². The number of aromatic nitrogens is 1. The van der Waals surface area contributed by atoms with Crippen molar-refractivity contribution in [3.63, 3.8) is 0 Å². The molecule has 0 fully saturated rings. The maximum absolute atomic E-state index is 13.3. The van der Waals surface area contributed by atoms with E-state index in [0.29, 0.717) is 17.7 Å². The number of fused-ring (bicyclic) bond motifs is 1. The molecule has 0 bridgehead atoms. The number of esters is 1. The van der Waals surface area contributed by atoms with Gasteiger partial charge in [-0.15, -0.1) is 0 Å². The van der Waals surface area contributed by atoms with Crippen molar-refractivity contribution in [2.75, 3.05) is 7.11 Å². The number of methoxy groups -OCH3 is 1. The zero-order valence-electron chi connectivity index (χ0n) is 26.0. The molecule has 4 aromatic rings. The van der Waals surface area contributed by atoms with Gasteiger partial charge in [0.25, 0.3) is 5.91 Å². The second-order valence-electron chi connectivity index (χ2n) is 11.5. The zero-order chi connectivity index (χ0) is 30.4. The van der Waals surface area contributed by atoms with Crippen molar-refractivity contribution in [1.82, 2.24) is 9.88 Å². The number of benzene rings is 3. The van der Waals surface area contributed by atoms with E-state index in [-0.39, 0.29) is 23.8 Å². The first kappa shape index (κ1) is 30.9. The van der Waals surface area contributed by atoms with Crippen molar-refractivity contribution < 1.29 is 19.1 Å². The van der Waals surface area contributed by atoms with Gasteiger partial charge in [-0.25, -0.2) is 4.79 Å². The molecule has 0 radical (unpaired) electrons. The number of hydrogen-bond donors (Lipinski definition) is 1. The van der Waals surface area contributed by atoms with E-state index in [1.807, 2.05) is 58.2 Å². The fourth-order valence-corrected chi connectivity index (χ4v) is 5.42. The van der Waals surface area contributed by atoms with Gasteiger partial charge in [-0.1, -0.05) is 69.7 Å². The van der Waals surface area contributed by atoms with Crippen LogP contribution in [0, 0.1) is 12.8 Å². The molecule has 0 aliphatic carbocycles. The minimum atomic E-state index is -0.665. The molecule has 1 unspecified atom stereocenters. The van der Waals surface area contributed by atoms with Crippen molar-refractivity contribution in [3.05, 3.63) is 100 Å². The maximum Gasteiger partial charge on any atom is 0.347 e. The molecule has 2 atom stereocenters. The largest absolute Gasteiger partial charge is 0.478 e. The first-order valence-corrected chi connectivity index (χ1v) is 14.9. The Bertz CT molecular complexity index is 1550. The molecule has 4 rings (SSSR count). The van der Waals surface area contributed by atoms with Crippen LogP contribution in [-0.4, -0.2) is 29.7 Å². The van der Waals surface area contributed by atoms with Crippen LogP contribution >= 0.6 is 0 Å². The fraction of sp³-hybridized carbons (Fsp3) is 0.389. The highest BCUT2D eigenvalue weighted by molar-refractivity contribution is 5.99. The predicted molar refractivity (Wildman–Crippen MR) is 169 cm³/mol. The number of nitrogens with zero attached hydrogens (tertiary/aromatic N) is 1. The number of hydrogen-bond acceptors (Lipinski definition) is 4. The summed E-state index contributed by atoms with van der Waals surface area (Å²) in [7, 11) is 3.42. The lowest BCUT2D eigenvalue weighted by Crippen LogP contribution is -2.33. The number of unbranched alkanes of at least 4 members (excludes halogenated alkanes) is 1. The Hall–Kier alpha value is -4.06. The van der Waals surface area contributed by atoms with Gasteiger partial charge in [0.05, 0.1) is 13.2 Å².